The molecule has 0 aliphatic carbocycles. The van der Waals surface area contributed by atoms with Crippen LogP contribution < -0.4 is 9.47 Å². The van der Waals surface area contributed by atoms with Crippen LogP contribution in [0.3, 0.4) is 0 Å². The van der Waals surface area contributed by atoms with Crippen LogP contribution in [0.15, 0.2) is 48.5 Å². The Morgan fingerprint density at radius 2 is 1.42 bits per heavy atom. The second kappa shape index (κ2) is 7.97. The predicted molar refractivity (Wildman–Crippen MR) is 96.5 cm³/mol. The highest BCUT2D eigenvalue weighted by Gasteiger charge is 2.30. The van der Waals surface area contributed by atoms with Crippen molar-refractivity contribution in [3.05, 3.63) is 65.5 Å². The summed E-state index contributed by atoms with van der Waals surface area (Å²) in [7, 11) is 5.05. The first-order chi connectivity index (χ1) is 12.7. The number of aromatic nitrogens is 4. The van der Waals surface area contributed by atoms with Crippen LogP contribution in [0.4, 0.5) is 0 Å². The lowest BCUT2D eigenvalue weighted by Crippen LogP contribution is -2.20. The molecule has 0 aliphatic heterocycles. The number of nitrogens with zero attached hydrogens (tertiary/aromatic N) is 4. The minimum absolute atomic E-state index is 0.0864. The van der Waals surface area contributed by atoms with Crippen molar-refractivity contribution in [1.82, 2.24) is 20.2 Å². The van der Waals surface area contributed by atoms with Gasteiger partial charge in [0.15, 0.2) is 5.82 Å². The molecular formula is C19H22N4O3. The highest BCUT2D eigenvalue weighted by molar-refractivity contribution is 5.40. The second-order valence-electron chi connectivity index (χ2n) is 5.97. The van der Waals surface area contributed by atoms with E-state index in [1.54, 1.807) is 25.9 Å². The summed E-state index contributed by atoms with van der Waals surface area (Å²) >= 11 is 0. The third-order valence-corrected chi connectivity index (χ3v) is 4.53. The van der Waals surface area contributed by atoms with Gasteiger partial charge in [-0.05, 0) is 45.8 Å². The monoisotopic (exact) mass is 354 g/mol. The molecule has 3 aromatic rings. The molecule has 1 atom stereocenters. The van der Waals surface area contributed by atoms with Crippen molar-refractivity contribution in [2.45, 2.75) is 11.8 Å². The maximum Gasteiger partial charge on any atom is 0.157 e. The van der Waals surface area contributed by atoms with E-state index in [9.17, 15) is 5.11 Å². The van der Waals surface area contributed by atoms with Crippen molar-refractivity contribution < 1.29 is 14.6 Å². The fourth-order valence-electron chi connectivity index (χ4n) is 3.17. The highest BCUT2D eigenvalue weighted by Crippen LogP contribution is 2.38. The van der Waals surface area contributed by atoms with Gasteiger partial charge in [0.05, 0.1) is 26.7 Å². The number of hydrogen-bond acceptors (Lipinski definition) is 6. The molecule has 1 heterocycles. The van der Waals surface area contributed by atoms with Crippen LogP contribution in [0.25, 0.3) is 0 Å². The van der Waals surface area contributed by atoms with Gasteiger partial charge in [-0.1, -0.05) is 24.3 Å². The molecule has 3 rings (SSSR count). The van der Waals surface area contributed by atoms with Gasteiger partial charge in [0.2, 0.25) is 0 Å². The predicted octanol–water partition coefficient (Wildman–Crippen LogP) is 2.14. The molecule has 7 nitrogen and oxygen atoms in total. The Morgan fingerprint density at radius 1 is 0.923 bits per heavy atom. The lowest BCUT2D eigenvalue weighted by atomic mass is 9.80. The molecule has 7 heteroatoms. The van der Waals surface area contributed by atoms with Gasteiger partial charge in [-0.15, -0.1) is 5.10 Å². The van der Waals surface area contributed by atoms with Gasteiger partial charge in [0, 0.05) is 13.0 Å². The lowest BCUT2D eigenvalue weighted by Gasteiger charge is -2.26. The number of aliphatic hydroxyl groups is 1. The normalized spacial score (nSPS) is 12.2. The maximum absolute atomic E-state index is 10.2. The molecule has 0 saturated heterocycles. The van der Waals surface area contributed by atoms with E-state index < -0.39 is 0 Å². The summed E-state index contributed by atoms with van der Waals surface area (Å²) in [6.45, 7) is -0.0864. The van der Waals surface area contributed by atoms with Crippen molar-refractivity contribution in [2.24, 2.45) is 7.05 Å². The van der Waals surface area contributed by atoms with Gasteiger partial charge < -0.3 is 14.6 Å². The SMILES string of the molecule is COc1ccc(C(c2ccc(OC)cc2)C(CO)c2nnnn2C)cc1. The molecule has 0 fully saturated rings. The molecule has 136 valence electrons. The van der Waals surface area contributed by atoms with E-state index in [0.717, 1.165) is 22.6 Å². The third-order valence-electron chi connectivity index (χ3n) is 4.53. The smallest absolute Gasteiger partial charge is 0.157 e. The minimum Gasteiger partial charge on any atom is -0.497 e. The van der Waals surface area contributed by atoms with E-state index in [2.05, 4.69) is 15.5 Å². The minimum atomic E-state index is -0.295. The Hall–Kier alpha value is -2.93. The standard InChI is InChI=1S/C19H22N4O3/c1-23-19(20-21-22-23)17(12-24)18(13-4-8-15(25-2)9-5-13)14-6-10-16(26-3)11-7-14/h4-11,17-18,24H,12H2,1-3H3. The van der Waals surface area contributed by atoms with Gasteiger partial charge >= 0.3 is 0 Å². The summed E-state index contributed by atoms with van der Waals surface area (Å²) in [6, 6.07) is 15.6. The molecule has 0 saturated carbocycles. The quantitative estimate of drug-likeness (QED) is 0.700. The first kappa shape index (κ1) is 17.9. The van der Waals surface area contributed by atoms with E-state index in [1.165, 1.54) is 0 Å². The number of hydrogen-bond donors (Lipinski definition) is 1. The molecule has 26 heavy (non-hydrogen) atoms. The number of aliphatic hydroxyl groups excluding tert-OH is 1. The Balaban J connectivity index is 2.08. The molecule has 0 radical (unpaired) electrons. The topological polar surface area (TPSA) is 82.3 Å². The average molecular weight is 354 g/mol. The molecule has 0 aliphatic rings. The summed E-state index contributed by atoms with van der Waals surface area (Å²) in [5.74, 6) is 1.77. The number of methoxy groups -OCH3 is 2. The van der Waals surface area contributed by atoms with E-state index in [0.29, 0.717) is 5.82 Å². The van der Waals surface area contributed by atoms with E-state index >= 15 is 0 Å². The number of rotatable bonds is 7. The zero-order valence-electron chi connectivity index (χ0n) is 15.0. The number of ether oxygens (including phenoxy) is 2. The van der Waals surface area contributed by atoms with Gasteiger partial charge in [0.1, 0.15) is 11.5 Å². The van der Waals surface area contributed by atoms with Crippen LogP contribution in [0.1, 0.15) is 28.8 Å². The lowest BCUT2D eigenvalue weighted by molar-refractivity contribution is 0.247. The van der Waals surface area contributed by atoms with E-state index in [-0.39, 0.29) is 18.4 Å². The molecule has 1 N–H and O–H groups in total. The fraction of sp³-hybridized carbons (Fsp3) is 0.316. The van der Waals surface area contributed by atoms with Crippen LogP contribution in [0.2, 0.25) is 0 Å². The van der Waals surface area contributed by atoms with Gasteiger partial charge in [0.25, 0.3) is 0 Å². The molecule has 2 aromatic carbocycles. The van der Waals surface area contributed by atoms with Crippen molar-refractivity contribution >= 4 is 0 Å². The Bertz CT molecular complexity index is 783. The van der Waals surface area contributed by atoms with Crippen molar-refractivity contribution in [2.75, 3.05) is 20.8 Å². The van der Waals surface area contributed by atoms with E-state index in [4.69, 9.17) is 9.47 Å². The molecule has 0 spiro atoms. The third kappa shape index (κ3) is 3.52. The first-order valence-corrected chi connectivity index (χ1v) is 8.29. The molecule has 1 aromatic heterocycles. The van der Waals surface area contributed by atoms with Crippen LogP contribution in [0.5, 0.6) is 11.5 Å². The summed E-state index contributed by atoms with van der Waals surface area (Å²) in [5.41, 5.74) is 2.08. The summed E-state index contributed by atoms with van der Waals surface area (Å²) < 4.78 is 12.1. The van der Waals surface area contributed by atoms with Gasteiger partial charge in [-0.25, -0.2) is 4.68 Å². The number of aryl methyl sites for hydroxylation is 1. The van der Waals surface area contributed by atoms with Crippen molar-refractivity contribution in [3.63, 3.8) is 0 Å². The average Bonchev–Trinajstić information content (AvgIpc) is 3.12. The van der Waals surface area contributed by atoms with Crippen LogP contribution in [0, 0.1) is 0 Å². The van der Waals surface area contributed by atoms with Gasteiger partial charge in [-0.3, -0.25) is 0 Å². The van der Waals surface area contributed by atoms with Crippen molar-refractivity contribution in [1.29, 1.82) is 0 Å². The Kier molecular flexibility index (Phi) is 5.48. The van der Waals surface area contributed by atoms with Crippen LogP contribution >= 0.6 is 0 Å². The Labute approximate surface area is 152 Å². The summed E-state index contributed by atoms with van der Waals surface area (Å²) in [6.07, 6.45) is 0. The highest BCUT2D eigenvalue weighted by atomic mass is 16.5. The first-order valence-electron chi connectivity index (χ1n) is 8.29. The van der Waals surface area contributed by atoms with E-state index in [1.807, 2.05) is 48.5 Å². The summed E-state index contributed by atoms with van der Waals surface area (Å²) in [4.78, 5) is 0. The number of benzene rings is 2. The largest absolute Gasteiger partial charge is 0.497 e. The fourth-order valence-corrected chi connectivity index (χ4v) is 3.17. The number of tetrazole rings is 1. The Morgan fingerprint density at radius 3 is 1.77 bits per heavy atom. The van der Waals surface area contributed by atoms with Crippen LogP contribution in [-0.2, 0) is 7.05 Å². The van der Waals surface area contributed by atoms with Crippen LogP contribution in [-0.4, -0.2) is 46.1 Å². The molecule has 0 amide bonds. The molecule has 1 unspecified atom stereocenters. The maximum atomic E-state index is 10.2. The van der Waals surface area contributed by atoms with Gasteiger partial charge in [-0.2, -0.15) is 0 Å². The zero-order valence-corrected chi connectivity index (χ0v) is 15.0. The van der Waals surface area contributed by atoms with Crippen molar-refractivity contribution in [3.8, 4) is 11.5 Å². The molecule has 0 bridgehead atoms. The zero-order chi connectivity index (χ0) is 18.5. The second-order valence-corrected chi connectivity index (χ2v) is 5.97. The summed E-state index contributed by atoms with van der Waals surface area (Å²) in [5, 5.41) is 21.9. The molecular weight excluding hydrogens is 332 g/mol.